The minimum Gasteiger partial charge on any atom is -0.474 e. The first kappa shape index (κ1) is 9.24. The van der Waals surface area contributed by atoms with Gasteiger partial charge in [-0.15, -0.1) is 0 Å². The van der Waals surface area contributed by atoms with Gasteiger partial charge in [0.1, 0.15) is 0 Å². The standard InChI is InChI=1S/C7H9N3O3/c1-10-5(2-3-9-10)4-8-6(11)7(12)13/h2-3H,4H2,1H3,(H,8,11)(H,12,13). The molecule has 6 nitrogen and oxygen atoms in total. The van der Waals surface area contributed by atoms with Crippen LogP contribution in [0.15, 0.2) is 12.3 Å². The molecule has 0 aliphatic heterocycles. The molecule has 0 saturated heterocycles. The third kappa shape index (κ3) is 2.29. The number of nitrogens with one attached hydrogen (secondary N) is 1. The first-order chi connectivity index (χ1) is 6.11. The summed E-state index contributed by atoms with van der Waals surface area (Å²) in [5.74, 6) is -2.50. The quantitative estimate of drug-likeness (QED) is 0.583. The van der Waals surface area contributed by atoms with Gasteiger partial charge in [-0.2, -0.15) is 5.10 Å². The number of hydrogen-bond acceptors (Lipinski definition) is 3. The van der Waals surface area contributed by atoms with E-state index in [2.05, 4.69) is 10.4 Å². The molecule has 0 fully saturated rings. The number of amides is 1. The maximum absolute atomic E-state index is 10.6. The second-order valence-corrected chi connectivity index (χ2v) is 2.43. The number of hydrogen-bond donors (Lipinski definition) is 2. The van der Waals surface area contributed by atoms with Gasteiger partial charge in [0.2, 0.25) is 0 Å². The van der Waals surface area contributed by atoms with Crippen LogP contribution in [-0.2, 0) is 23.2 Å². The Balaban J connectivity index is 2.48. The van der Waals surface area contributed by atoms with E-state index in [0.717, 1.165) is 5.69 Å². The van der Waals surface area contributed by atoms with E-state index in [1.165, 1.54) is 0 Å². The number of carbonyl (C=O) groups is 2. The number of rotatable bonds is 2. The molecular formula is C7H9N3O3. The van der Waals surface area contributed by atoms with E-state index in [0.29, 0.717) is 0 Å². The van der Waals surface area contributed by atoms with Crippen LogP contribution in [0.1, 0.15) is 5.69 Å². The van der Waals surface area contributed by atoms with Gasteiger partial charge in [0.05, 0.1) is 12.2 Å². The van der Waals surface area contributed by atoms with Gasteiger partial charge in [-0.05, 0) is 6.07 Å². The number of nitrogens with zero attached hydrogens (tertiary/aromatic N) is 2. The summed E-state index contributed by atoms with van der Waals surface area (Å²) >= 11 is 0. The Bertz CT molecular complexity index is 331. The van der Waals surface area contributed by atoms with Gasteiger partial charge >= 0.3 is 11.9 Å². The summed E-state index contributed by atoms with van der Waals surface area (Å²) in [5.41, 5.74) is 0.745. The van der Waals surface area contributed by atoms with Crippen molar-refractivity contribution in [1.82, 2.24) is 15.1 Å². The summed E-state index contributed by atoms with van der Waals surface area (Å²) in [6, 6.07) is 1.70. The summed E-state index contributed by atoms with van der Waals surface area (Å²) < 4.78 is 1.56. The predicted molar refractivity (Wildman–Crippen MR) is 42.7 cm³/mol. The van der Waals surface area contributed by atoms with E-state index < -0.39 is 11.9 Å². The zero-order valence-corrected chi connectivity index (χ0v) is 7.02. The molecule has 0 spiro atoms. The molecule has 13 heavy (non-hydrogen) atoms. The fourth-order valence-electron chi connectivity index (χ4n) is 0.821. The molecule has 0 saturated carbocycles. The number of aromatic nitrogens is 2. The lowest BCUT2D eigenvalue weighted by Crippen LogP contribution is -2.30. The highest BCUT2D eigenvalue weighted by Gasteiger charge is 2.10. The molecule has 70 valence electrons. The molecule has 0 unspecified atom stereocenters. The lowest BCUT2D eigenvalue weighted by atomic mass is 10.4. The molecule has 0 atom stereocenters. The van der Waals surface area contributed by atoms with Crippen molar-refractivity contribution in [3.63, 3.8) is 0 Å². The van der Waals surface area contributed by atoms with E-state index in [1.54, 1.807) is 24.0 Å². The minimum absolute atomic E-state index is 0.168. The van der Waals surface area contributed by atoms with Gasteiger partial charge in [0.15, 0.2) is 0 Å². The molecule has 0 aliphatic rings. The van der Waals surface area contributed by atoms with Crippen molar-refractivity contribution in [1.29, 1.82) is 0 Å². The van der Waals surface area contributed by atoms with E-state index >= 15 is 0 Å². The normalized spacial score (nSPS) is 9.62. The second-order valence-electron chi connectivity index (χ2n) is 2.43. The number of carboxylic acids is 1. The van der Waals surface area contributed by atoms with Crippen LogP contribution >= 0.6 is 0 Å². The summed E-state index contributed by atoms with van der Waals surface area (Å²) in [4.78, 5) is 20.7. The first-order valence-corrected chi connectivity index (χ1v) is 3.59. The lowest BCUT2D eigenvalue weighted by Gasteiger charge is -2.01. The molecule has 0 radical (unpaired) electrons. The molecule has 1 aromatic rings. The van der Waals surface area contributed by atoms with Crippen LogP contribution in [0.2, 0.25) is 0 Å². The minimum atomic E-state index is -1.48. The molecule has 6 heteroatoms. The van der Waals surface area contributed by atoms with Gasteiger partial charge in [-0.1, -0.05) is 0 Å². The number of carbonyl (C=O) groups excluding carboxylic acids is 1. The molecule has 1 amide bonds. The molecule has 1 heterocycles. The van der Waals surface area contributed by atoms with Crippen molar-refractivity contribution >= 4 is 11.9 Å². The average molecular weight is 183 g/mol. The highest BCUT2D eigenvalue weighted by Crippen LogP contribution is 1.94. The topological polar surface area (TPSA) is 84.2 Å². The maximum atomic E-state index is 10.6. The zero-order chi connectivity index (χ0) is 9.84. The third-order valence-corrected chi connectivity index (χ3v) is 1.55. The molecule has 2 N–H and O–H groups in total. The van der Waals surface area contributed by atoms with Crippen LogP contribution in [0.4, 0.5) is 0 Å². The first-order valence-electron chi connectivity index (χ1n) is 3.59. The number of aryl methyl sites for hydroxylation is 1. The molecule has 0 aromatic carbocycles. The van der Waals surface area contributed by atoms with Gasteiger partial charge in [-0.25, -0.2) is 4.79 Å². The Morgan fingerprint density at radius 1 is 1.69 bits per heavy atom. The van der Waals surface area contributed by atoms with Crippen LogP contribution in [-0.4, -0.2) is 26.8 Å². The van der Waals surface area contributed by atoms with Crippen molar-refractivity contribution in [2.75, 3.05) is 0 Å². The van der Waals surface area contributed by atoms with Gasteiger partial charge in [0.25, 0.3) is 0 Å². The molecule has 1 rings (SSSR count). The molecule has 1 aromatic heterocycles. The molecule has 0 bridgehead atoms. The number of aliphatic carboxylic acids is 1. The van der Waals surface area contributed by atoms with E-state index in [9.17, 15) is 9.59 Å². The van der Waals surface area contributed by atoms with Crippen molar-refractivity contribution in [3.05, 3.63) is 18.0 Å². The van der Waals surface area contributed by atoms with Crippen molar-refractivity contribution in [3.8, 4) is 0 Å². The van der Waals surface area contributed by atoms with Crippen LogP contribution in [0.5, 0.6) is 0 Å². The third-order valence-electron chi connectivity index (χ3n) is 1.55. The molecule has 0 aliphatic carbocycles. The summed E-state index contributed by atoms with van der Waals surface area (Å²) in [6.07, 6.45) is 1.57. The Morgan fingerprint density at radius 3 is 2.85 bits per heavy atom. The highest BCUT2D eigenvalue weighted by molar-refractivity contribution is 6.31. The summed E-state index contributed by atoms with van der Waals surface area (Å²) in [5, 5.41) is 14.3. The van der Waals surface area contributed by atoms with Crippen molar-refractivity contribution in [2.45, 2.75) is 6.54 Å². The van der Waals surface area contributed by atoms with Crippen LogP contribution in [0.25, 0.3) is 0 Å². The predicted octanol–water partition coefficient (Wildman–Crippen LogP) is -0.879. The smallest absolute Gasteiger partial charge is 0.394 e. The average Bonchev–Trinajstić information content (AvgIpc) is 2.47. The fraction of sp³-hybridized carbons (Fsp3) is 0.286. The van der Waals surface area contributed by atoms with E-state index in [-0.39, 0.29) is 6.54 Å². The SMILES string of the molecule is Cn1nccc1CNC(=O)C(=O)O. The van der Waals surface area contributed by atoms with Crippen molar-refractivity contribution in [2.24, 2.45) is 7.05 Å². The Hall–Kier alpha value is -1.85. The fourth-order valence-corrected chi connectivity index (χ4v) is 0.821. The van der Waals surface area contributed by atoms with Crippen LogP contribution in [0.3, 0.4) is 0 Å². The largest absolute Gasteiger partial charge is 0.474 e. The Morgan fingerprint density at radius 2 is 2.38 bits per heavy atom. The lowest BCUT2D eigenvalue weighted by molar-refractivity contribution is -0.150. The maximum Gasteiger partial charge on any atom is 0.394 e. The van der Waals surface area contributed by atoms with E-state index in [1.807, 2.05) is 0 Å². The zero-order valence-electron chi connectivity index (χ0n) is 7.02. The van der Waals surface area contributed by atoms with Crippen molar-refractivity contribution < 1.29 is 14.7 Å². The van der Waals surface area contributed by atoms with E-state index in [4.69, 9.17) is 5.11 Å². The van der Waals surface area contributed by atoms with Crippen LogP contribution in [0, 0.1) is 0 Å². The number of carboxylic acid groups (broad SMARTS) is 1. The van der Waals surface area contributed by atoms with Gasteiger partial charge in [-0.3, -0.25) is 9.48 Å². The van der Waals surface area contributed by atoms with Gasteiger partial charge < -0.3 is 10.4 Å². The highest BCUT2D eigenvalue weighted by atomic mass is 16.4. The second kappa shape index (κ2) is 3.70. The van der Waals surface area contributed by atoms with Crippen LogP contribution < -0.4 is 5.32 Å². The monoisotopic (exact) mass is 183 g/mol. The summed E-state index contributed by atoms with van der Waals surface area (Å²) in [7, 11) is 1.71. The Labute approximate surface area is 74.2 Å². The van der Waals surface area contributed by atoms with Gasteiger partial charge in [0, 0.05) is 13.2 Å². The summed E-state index contributed by atoms with van der Waals surface area (Å²) in [6.45, 7) is 0.168. The Kier molecular flexibility index (Phi) is 2.63. The molecular weight excluding hydrogens is 174 g/mol.